The highest BCUT2D eigenvalue weighted by atomic mass is 79.9. The topological polar surface area (TPSA) is 66.0 Å². The molecule has 0 unspecified atom stereocenters. The van der Waals surface area contributed by atoms with Gasteiger partial charge in [0.1, 0.15) is 11.6 Å². The third kappa shape index (κ3) is 4.51. The number of alkyl halides is 3. The monoisotopic (exact) mass is 462 g/mol. The summed E-state index contributed by atoms with van der Waals surface area (Å²) in [5.74, 6) is -1.35. The lowest BCUT2D eigenvalue weighted by Crippen LogP contribution is -2.07. The summed E-state index contributed by atoms with van der Waals surface area (Å²) >= 11 is 3.37. The first-order valence-electron chi connectivity index (χ1n) is 8.39. The van der Waals surface area contributed by atoms with Crippen LogP contribution in [0.15, 0.2) is 52.6 Å². The van der Waals surface area contributed by atoms with Crippen molar-refractivity contribution in [2.24, 2.45) is 0 Å². The third-order valence-electron chi connectivity index (χ3n) is 4.34. The highest BCUT2D eigenvalue weighted by Gasteiger charge is 2.30. The molecule has 8 heteroatoms. The SMILES string of the molecule is Cc1cc(Cn2cc(/C=C(\C#N)C(=O)O)c3ccc(Br)cc32)cc(C(F)(F)F)c1. The van der Waals surface area contributed by atoms with Crippen molar-refractivity contribution >= 4 is 38.9 Å². The number of benzene rings is 2. The molecule has 2 aromatic carbocycles. The van der Waals surface area contributed by atoms with Crippen LogP contribution in [0.2, 0.25) is 0 Å². The first kappa shape index (κ1) is 20.7. The van der Waals surface area contributed by atoms with Crippen molar-refractivity contribution in [3.63, 3.8) is 0 Å². The van der Waals surface area contributed by atoms with E-state index in [0.717, 1.165) is 16.6 Å². The summed E-state index contributed by atoms with van der Waals surface area (Å²) in [7, 11) is 0. The fourth-order valence-corrected chi connectivity index (χ4v) is 3.50. The van der Waals surface area contributed by atoms with Gasteiger partial charge in [-0.15, -0.1) is 0 Å². The van der Waals surface area contributed by atoms with E-state index in [2.05, 4.69) is 15.9 Å². The number of hydrogen-bond donors (Lipinski definition) is 1. The van der Waals surface area contributed by atoms with Crippen molar-refractivity contribution in [3.8, 4) is 6.07 Å². The quantitative estimate of drug-likeness (QED) is 0.395. The van der Waals surface area contributed by atoms with Crippen molar-refractivity contribution < 1.29 is 23.1 Å². The first-order chi connectivity index (χ1) is 13.6. The van der Waals surface area contributed by atoms with Crippen molar-refractivity contribution in [2.45, 2.75) is 19.6 Å². The minimum atomic E-state index is -4.44. The van der Waals surface area contributed by atoms with Gasteiger partial charge in [0, 0.05) is 28.2 Å². The molecule has 3 aromatic rings. The van der Waals surface area contributed by atoms with Gasteiger partial charge in [-0.3, -0.25) is 0 Å². The van der Waals surface area contributed by atoms with E-state index in [-0.39, 0.29) is 6.54 Å². The lowest BCUT2D eigenvalue weighted by atomic mass is 10.1. The maximum atomic E-state index is 13.1. The Hall–Kier alpha value is -3.05. The second kappa shape index (κ2) is 7.76. The normalized spacial score (nSPS) is 12.2. The van der Waals surface area contributed by atoms with Crippen LogP contribution < -0.4 is 0 Å². The van der Waals surface area contributed by atoms with Crippen LogP contribution in [-0.2, 0) is 17.5 Å². The summed E-state index contributed by atoms with van der Waals surface area (Å²) in [6.07, 6.45) is -1.56. The zero-order valence-electron chi connectivity index (χ0n) is 15.1. The van der Waals surface area contributed by atoms with Gasteiger partial charge in [-0.2, -0.15) is 18.4 Å². The number of hydrogen-bond acceptors (Lipinski definition) is 2. The molecule has 0 aliphatic heterocycles. The molecule has 1 aromatic heterocycles. The highest BCUT2D eigenvalue weighted by molar-refractivity contribution is 9.10. The van der Waals surface area contributed by atoms with Crippen LogP contribution in [0.4, 0.5) is 13.2 Å². The second-order valence-corrected chi connectivity index (χ2v) is 7.47. The van der Waals surface area contributed by atoms with Crippen molar-refractivity contribution in [1.29, 1.82) is 5.26 Å². The summed E-state index contributed by atoms with van der Waals surface area (Å²) < 4.78 is 41.9. The molecule has 4 nitrogen and oxygen atoms in total. The minimum absolute atomic E-state index is 0.153. The number of aliphatic carboxylic acids is 1. The zero-order valence-corrected chi connectivity index (χ0v) is 16.7. The van der Waals surface area contributed by atoms with Crippen LogP contribution in [0, 0.1) is 18.3 Å². The van der Waals surface area contributed by atoms with Gasteiger partial charge < -0.3 is 9.67 Å². The summed E-state index contributed by atoms with van der Waals surface area (Å²) in [6.45, 7) is 1.75. The molecule has 0 fully saturated rings. The van der Waals surface area contributed by atoms with Gasteiger partial charge in [0.2, 0.25) is 0 Å². The van der Waals surface area contributed by atoms with E-state index in [1.807, 2.05) is 0 Å². The van der Waals surface area contributed by atoms with Crippen LogP contribution in [0.3, 0.4) is 0 Å². The Morgan fingerprint density at radius 2 is 2.00 bits per heavy atom. The maximum Gasteiger partial charge on any atom is 0.416 e. The van der Waals surface area contributed by atoms with E-state index >= 15 is 0 Å². The fourth-order valence-electron chi connectivity index (χ4n) is 3.15. The molecule has 0 spiro atoms. The summed E-state index contributed by atoms with van der Waals surface area (Å²) in [4.78, 5) is 11.2. The number of rotatable bonds is 4. The molecule has 148 valence electrons. The average Bonchev–Trinajstić information content (AvgIpc) is 2.94. The fraction of sp³-hybridized carbons (Fsp3) is 0.143. The van der Waals surface area contributed by atoms with Gasteiger partial charge >= 0.3 is 12.1 Å². The number of carboxylic acid groups (broad SMARTS) is 1. The molecule has 3 rings (SSSR count). The number of nitriles is 1. The summed E-state index contributed by atoms with van der Waals surface area (Å²) in [5.41, 5.74) is 0.997. The lowest BCUT2D eigenvalue weighted by molar-refractivity contribution is -0.137. The Bertz CT molecular complexity index is 1190. The van der Waals surface area contributed by atoms with E-state index < -0.39 is 23.3 Å². The van der Waals surface area contributed by atoms with Gasteiger partial charge in [-0.05, 0) is 42.8 Å². The average molecular weight is 463 g/mol. The van der Waals surface area contributed by atoms with Crippen LogP contribution in [0.25, 0.3) is 17.0 Å². The van der Waals surface area contributed by atoms with E-state index in [1.54, 1.807) is 48.0 Å². The number of fused-ring (bicyclic) bond motifs is 1. The molecular formula is C21H14BrF3N2O2. The molecule has 0 saturated heterocycles. The lowest BCUT2D eigenvalue weighted by Gasteiger charge is -2.12. The Morgan fingerprint density at radius 3 is 2.62 bits per heavy atom. The summed E-state index contributed by atoms with van der Waals surface area (Å²) in [5, 5.41) is 18.8. The molecule has 1 heterocycles. The Kier molecular flexibility index (Phi) is 5.53. The number of halogens is 4. The van der Waals surface area contributed by atoms with E-state index in [0.29, 0.717) is 27.6 Å². The largest absolute Gasteiger partial charge is 0.477 e. The predicted molar refractivity (Wildman–Crippen MR) is 106 cm³/mol. The zero-order chi connectivity index (χ0) is 21.3. The molecule has 1 N–H and O–H groups in total. The van der Waals surface area contributed by atoms with Gasteiger partial charge in [-0.25, -0.2) is 4.79 Å². The van der Waals surface area contributed by atoms with Crippen molar-refractivity contribution in [2.75, 3.05) is 0 Å². The van der Waals surface area contributed by atoms with Gasteiger partial charge in [-0.1, -0.05) is 33.6 Å². The second-order valence-electron chi connectivity index (χ2n) is 6.55. The Labute approximate surface area is 172 Å². The predicted octanol–water partition coefficient (Wildman–Crippen LogP) is 5.77. The highest BCUT2D eigenvalue weighted by Crippen LogP contribution is 2.32. The van der Waals surface area contributed by atoms with Gasteiger partial charge in [0.25, 0.3) is 0 Å². The number of carboxylic acids is 1. The molecule has 29 heavy (non-hydrogen) atoms. The third-order valence-corrected chi connectivity index (χ3v) is 4.84. The maximum absolute atomic E-state index is 13.1. The van der Waals surface area contributed by atoms with E-state index in [1.165, 1.54) is 6.08 Å². The van der Waals surface area contributed by atoms with Crippen LogP contribution in [-0.4, -0.2) is 15.6 Å². The Balaban J connectivity index is 2.14. The van der Waals surface area contributed by atoms with Crippen molar-refractivity contribution in [3.05, 3.63) is 74.9 Å². The van der Waals surface area contributed by atoms with Gasteiger partial charge in [0.05, 0.1) is 11.1 Å². The molecule has 0 saturated carbocycles. The molecule has 0 amide bonds. The van der Waals surface area contributed by atoms with Crippen molar-refractivity contribution in [1.82, 2.24) is 4.57 Å². The number of aromatic nitrogens is 1. The van der Waals surface area contributed by atoms with Crippen LogP contribution >= 0.6 is 15.9 Å². The number of nitrogens with zero attached hydrogens (tertiary/aromatic N) is 2. The molecule has 0 radical (unpaired) electrons. The minimum Gasteiger partial charge on any atom is -0.477 e. The van der Waals surface area contributed by atoms with Crippen LogP contribution in [0.1, 0.15) is 22.3 Å². The van der Waals surface area contributed by atoms with Gasteiger partial charge in [0.15, 0.2) is 0 Å². The molecule has 0 atom stereocenters. The molecule has 0 aliphatic carbocycles. The Morgan fingerprint density at radius 1 is 1.28 bits per heavy atom. The number of aryl methyl sites for hydroxylation is 1. The molecular weight excluding hydrogens is 449 g/mol. The standard InChI is InChI=1S/C21H14BrF3N2O2/c1-12-4-13(6-16(5-12)21(23,24)25)10-27-11-15(7-14(9-26)20(28)29)18-3-2-17(22)8-19(18)27/h2-8,11H,10H2,1H3,(H,28,29)/b14-7+. The summed E-state index contributed by atoms with van der Waals surface area (Å²) in [6, 6.07) is 10.8. The van der Waals surface area contributed by atoms with E-state index in [9.17, 15) is 18.0 Å². The number of carbonyl (C=O) groups is 1. The van der Waals surface area contributed by atoms with Crippen LogP contribution in [0.5, 0.6) is 0 Å². The smallest absolute Gasteiger partial charge is 0.416 e. The van der Waals surface area contributed by atoms with E-state index in [4.69, 9.17) is 10.4 Å². The molecule has 0 aliphatic rings. The molecule has 0 bridgehead atoms. The first-order valence-corrected chi connectivity index (χ1v) is 9.19.